The zero-order valence-corrected chi connectivity index (χ0v) is 16.5. The van der Waals surface area contributed by atoms with Crippen LogP contribution in [0.5, 0.6) is 11.5 Å². The highest BCUT2D eigenvalue weighted by molar-refractivity contribution is 7.89. The van der Waals surface area contributed by atoms with E-state index in [0.29, 0.717) is 35.7 Å². The number of fused-ring (bicyclic) bond motifs is 1. The Labute approximate surface area is 159 Å². The molecule has 7 nitrogen and oxygen atoms in total. The summed E-state index contributed by atoms with van der Waals surface area (Å²) in [5, 5.41) is 0. The van der Waals surface area contributed by atoms with Crippen molar-refractivity contribution in [3.8, 4) is 11.5 Å². The predicted molar refractivity (Wildman–Crippen MR) is 102 cm³/mol. The highest BCUT2D eigenvalue weighted by Crippen LogP contribution is 2.36. The Morgan fingerprint density at radius 3 is 2.48 bits per heavy atom. The average Bonchev–Trinajstić information content (AvgIpc) is 3.09. The van der Waals surface area contributed by atoms with E-state index in [9.17, 15) is 13.2 Å². The minimum Gasteiger partial charge on any atom is -0.493 e. The summed E-state index contributed by atoms with van der Waals surface area (Å²) < 4.78 is 36.5. The molecular formula is C19H22N2O5S. The summed E-state index contributed by atoms with van der Waals surface area (Å²) in [7, 11) is 2.48. The average molecular weight is 390 g/mol. The number of sulfonamides is 1. The van der Waals surface area contributed by atoms with Crippen molar-refractivity contribution in [2.24, 2.45) is 0 Å². The normalized spacial score (nSPS) is 13.6. The molecular weight excluding hydrogens is 368 g/mol. The van der Waals surface area contributed by atoms with Gasteiger partial charge in [0.05, 0.1) is 24.7 Å². The Morgan fingerprint density at radius 1 is 1.11 bits per heavy atom. The summed E-state index contributed by atoms with van der Waals surface area (Å²) in [6.07, 6.45) is 0.587. The number of benzene rings is 2. The van der Waals surface area contributed by atoms with E-state index in [1.54, 1.807) is 35.2 Å². The molecule has 0 saturated carbocycles. The zero-order valence-electron chi connectivity index (χ0n) is 15.7. The summed E-state index contributed by atoms with van der Waals surface area (Å²) in [5.41, 5.74) is 1.94. The van der Waals surface area contributed by atoms with Crippen LogP contribution in [0.4, 0.5) is 5.69 Å². The van der Waals surface area contributed by atoms with Gasteiger partial charge in [0.2, 0.25) is 10.0 Å². The summed E-state index contributed by atoms with van der Waals surface area (Å²) in [5.74, 6) is 0.646. The van der Waals surface area contributed by atoms with Crippen molar-refractivity contribution < 1.29 is 22.7 Å². The van der Waals surface area contributed by atoms with Gasteiger partial charge in [0, 0.05) is 26.3 Å². The molecule has 1 aliphatic heterocycles. The largest absolute Gasteiger partial charge is 0.493 e. The third kappa shape index (κ3) is 3.26. The maximum absolute atomic E-state index is 13.1. The molecule has 2 aromatic rings. The molecule has 0 atom stereocenters. The number of rotatable bonds is 5. The fraction of sp³-hybridized carbons (Fsp3) is 0.316. The molecule has 8 heteroatoms. The van der Waals surface area contributed by atoms with Crippen molar-refractivity contribution in [3.63, 3.8) is 0 Å². The molecule has 0 radical (unpaired) electrons. The highest BCUT2D eigenvalue weighted by atomic mass is 32.2. The third-order valence-electron chi connectivity index (χ3n) is 4.60. The van der Waals surface area contributed by atoms with Crippen molar-refractivity contribution in [3.05, 3.63) is 47.5 Å². The van der Waals surface area contributed by atoms with Crippen LogP contribution >= 0.6 is 0 Å². The molecule has 1 aliphatic rings. The van der Waals surface area contributed by atoms with E-state index in [-0.39, 0.29) is 10.8 Å². The Balaban J connectivity index is 1.99. The number of amides is 1. The molecule has 1 heterocycles. The molecule has 0 unspecified atom stereocenters. The second-order valence-corrected chi connectivity index (χ2v) is 8.48. The van der Waals surface area contributed by atoms with Crippen molar-refractivity contribution in [1.82, 2.24) is 4.31 Å². The quantitative estimate of drug-likeness (QED) is 0.782. The standard InChI is InChI=1S/C19H22N2O5S/c1-20(2)27(23,24)14-8-9-16-13(12-14)10-11-21(16)19(22)15-6-5-7-17(25-3)18(15)26-4/h5-9,12H,10-11H2,1-4H3. The minimum absolute atomic E-state index is 0.215. The summed E-state index contributed by atoms with van der Waals surface area (Å²) >= 11 is 0. The molecule has 27 heavy (non-hydrogen) atoms. The smallest absolute Gasteiger partial charge is 0.262 e. The maximum atomic E-state index is 13.1. The first-order chi connectivity index (χ1) is 12.8. The maximum Gasteiger partial charge on any atom is 0.262 e. The minimum atomic E-state index is -3.51. The van der Waals surface area contributed by atoms with Crippen LogP contribution in [-0.4, -0.2) is 53.5 Å². The van der Waals surface area contributed by atoms with Crippen LogP contribution in [0.3, 0.4) is 0 Å². The van der Waals surface area contributed by atoms with Gasteiger partial charge in [0.1, 0.15) is 0 Å². The second kappa shape index (κ2) is 7.21. The topological polar surface area (TPSA) is 76.2 Å². The number of carbonyl (C=O) groups is 1. The number of hydrogen-bond donors (Lipinski definition) is 0. The van der Waals surface area contributed by atoms with Crippen molar-refractivity contribution >= 4 is 21.6 Å². The van der Waals surface area contributed by atoms with E-state index >= 15 is 0 Å². The molecule has 0 N–H and O–H groups in total. The van der Waals surface area contributed by atoms with E-state index in [0.717, 1.165) is 5.56 Å². The summed E-state index contributed by atoms with van der Waals surface area (Å²) in [6, 6.07) is 10.0. The molecule has 0 aliphatic carbocycles. The lowest BCUT2D eigenvalue weighted by atomic mass is 10.1. The lowest BCUT2D eigenvalue weighted by molar-refractivity contribution is 0.0986. The van der Waals surface area contributed by atoms with Gasteiger partial charge < -0.3 is 14.4 Å². The van der Waals surface area contributed by atoms with Crippen molar-refractivity contribution in [1.29, 1.82) is 0 Å². The predicted octanol–water partition coefficient (Wildman–Crippen LogP) is 2.16. The Morgan fingerprint density at radius 2 is 1.85 bits per heavy atom. The van der Waals surface area contributed by atoms with Crippen LogP contribution in [0.25, 0.3) is 0 Å². The van der Waals surface area contributed by atoms with Crippen LogP contribution in [0.15, 0.2) is 41.3 Å². The Hall–Kier alpha value is -2.58. The highest BCUT2D eigenvalue weighted by Gasteiger charge is 2.30. The number of anilines is 1. The van der Waals surface area contributed by atoms with Gasteiger partial charge in [0.15, 0.2) is 11.5 Å². The summed E-state index contributed by atoms with van der Waals surface area (Å²) in [6.45, 7) is 0.472. The van der Waals surface area contributed by atoms with Crippen LogP contribution < -0.4 is 14.4 Å². The van der Waals surface area contributed by atoms with Gasteiger partial charge in [0.25, 0.3) is 5.91 Å². The number of ether oxygens (including phenoxy) is 2. The number of carbonyl (C=O) groups excluding carboxylic acids is 1. The molecule has 2 aromatic carbocycles. The van der Waals surface area contributed by atoms with Gasteiger partial charge in [-0.15, -0.1) is 0 Å². The molecule has 144 valence electrons. The molecule has 0 saturated heterocycles. The van der Waals surface area contributed by atoms with Gasteiger partial charge in [-0.1, -0.05) is 6.07 Å². The third-order valence-corrected chi connectivity index (χ3v) is 6.41. The van der Waals surface area contributed by atoms with Gasteiger partial charge in [-0.25, -0.2) is 12.7 Å². The van der Waals surface area contributed by atoms with Crippen LogP contribution in [-0.2, 0) is 16.4 Å². The fourth-order valence-corrected chi connectivity index (χ4v) is 4.11. The molecule has 0 fully saturated rings. The van der Waals surface area contributed by atoms with Crippen LogP contribution in [0, 0.1) is 0 Å². The van der Waals surface area contributed by atoms with Crippen LogP contribution in [0.2, 0.25) is 0 Å². The molecule has 3 rings (SSSR count). The van der Waals surface area contributed by atoms with Gasteiger partial charge in [-0.3, -0.25) is 4.79 Å². The van der Waals surface area contributed by atoms with E-state index in [1.807, 2.05) is 0 Å². The van der Waals surface area contributed by atoms with Gasteiger partial charge >= 0.3 is 0 Å². The SMILES string of the molecule is COc1cccc(C(=O)N2CCc3cc(S(=O)(=O)N(C)C)ccc32)c1OC. The van der Waals surface area contributed by atoms with Gasteiger partial charge in [-0.05, 0) is 42.3 Å². The molecule has 0 spiro atoms. The first-order valence-corrected chi connectivity index (χ1v) is 9.83. The van der Waals surface area contributed by atoms with E-state index in [2.05, 4.69) is 0 Å². The van der Waals surface area contributed by atoms with E-state index in [4.69, 9.17) is 9.47 Å². The number of methoxy groups -OCH3 is 2. The number of nitrogens with zero attached hydrogens (tertiary/aromatic N) is 2. The first kappa shape index (κ1) is 19.2. The first-order valence-electron chi connectivity index (χ1n) is 8.39. The Bertz CT molecular complexity index is 986. The second-order valence-electron chi connectivity index (χ2n) is 6.33. The molecule has 0 aromatic heterocycles. The number of hydrogen-bond acceptors (Lipinski definition) is 5. The van der Waals surface area contributed by atoms with Gasteiger partial charge in [-0.2, -0.15) is 0 Å². The molecule has 1 amide bonds. The van der Waals surface area contributed by atoms with E-state index < -0.39 is 10.0 Å². The lowest BCUT2D eigenvalue weighted by Crippen LogP contribution is -2.29. The molecule has 0 bridgehead atoms. The van der Waals surface area contributed by atoms with Crippen LogP contribution in [0.1, 0.15) is 15.9 Å². The van der Waals surface area contributed by atoms with Crippen molar-refractivity contribution in [2.45, 2.75) is 11.3 Å². The lowest BCUT2D eigenvalue weighted by Gasteiger charge is -2.20. The Kier molecular flexibility index (Phi) is 5.12. The zero-order chi connectivity index (χ0) is 19.8. The monoisotopic (exact) mass is 390 g/mol. The van der Waals surface area contributed by atoms with E-state index in [1.165, 1.54) is 38.7 Å². The van der Waals surface area contributed by atoms with Crippen molar-refractivity contribution in [2.75, 3.05) is 39.8 Å². The summed E-state index contributed by atoms with van der Waals surface area (Å²) in [4.78, 5) is 15.0. The number of para-hydroxylation sites is 1. The fourth-order valence-electron chi connectivity index (χ4n) is 3.16.